The van der Waals surface area contributed by atoms with Crippen LogP contribution in [0, 0.1) is 5.92 Å². The van der Waals surface area contributed by atoms with E-state index in [4.69, 9.17) is 9.47 Å². The molecule has 156 valence electrons. The van der Waals surface area contributed by atoms with Gasteiger partial charge in [-0.2, -0.15) is 0 Å². The third-order valence-electron chi connectivity index (χ3n) is 6.42. The molecule has 1 fully saturated rings. The van der Waals surface area contributed by atoms with E-state index in [-0.39, 0.29) is 5.91 Å². The molecule has 5 nitrogen and oxygen atoms in total. The smallest absolute Gasteiger partial charge is 0.293 e. The highest BCUT2D eigenvalue weighted by atomic mass is 16.7. The molecule has 0 saturated carbocycles. The van der Waals surface area contributed by atoms with Crippen LogP contribution < -0.4 is 4.90 Å². The molecule has 5 rings (SSSR count). The quantitative estimate of drug-likeness (QED) is 0.729. The Morgan fingerprint density at radius 3 is 2.30 bits per heavy atom. The first-order valence-electron chi connectivity index (χ1n) is 10.9. The van der Waals surface area contributed by atoms with E-state index in [1.165, 1.54) is 5.56 Å². The van der Waals surface area contributed by atoms with Crippen LogP contribution in [-0.2, 0) is 26.5 Å². The Morgan fingerprint density at radius 1 is 0.900 bits per heavy atom. The summed E-state index contributed by atoms with van der Waals surface area (Å²) in [5, 5.41) is 0. The minimum atomic E-state index is -1.31. The maximum Gasteiger partial charge on any atom is 0.293 e. The largest absolute Gasteiger partial charge is 0.334 e. The average molecular weight is 405 g/mol. The summed E-state index contributed by atoms with van der Waals surface area (Å²) in [5.74, 6) is -0.721. The van der Waals surface area contributed by atoms with Crippen LogP contribution in [-0.4, -0.2) is 43.8 Å². The molecular weight excluding hydrogens is 376 g/mol. The highest BCUT2D eigenvalue weighted by molar-refractivity contribution is 6.06. The number of likely N-dealkylation sites (tertiary alicyclic amines) is 1. The Bertz CT molecular complexity index is 909. The summed E-state index contributed by atoms with van der Waals surface area (Å²) in [6.45, 7) is 3.33. The topological polar surface area (TPSA) is 42.0 Å². The zero-order chi connectivity index (χ0) is 20.4. The highest BCUT2D eigenvalue weighted by Gasteiger charge is 2.54. The molecule has 3 heterocycles. The highest BCUT2D eigenvalue weighted by Crippen LogP contribution is 2.44. The minimum absolute atomic E-state index is 0.112. The lowest BCUT2D eigenvalue weighted by molar-refractivity contribution is -0.220. The number of rotatable bonds is 4. The second kappa shape index (κ2) is 8.34. The van der Waals surface area contributed by atoms with E-state index in [2.05, 4.69) is 35.2 Å². The van der Waals surface area contributed by atoms with Crippen molar-refractivity contribution in [2.75, 3.05) is 37.9 Å². The van der Waals surface area contributed by atoms with E-state index in [1.807, 2.05) is 41.3 Å². The van der Waals surface area contributed by atoms with E-state index in [1.54, 1.807) is 0 Å². The maximum absolute atomic E-state index is 13.5. The first kappa shape index (κ1) is 19.5. The molecule has 30 heavy (non-hydrogen) atoms. The number of carbonyl (C=O) groups excluding carboxylic acids is 1. The summed E-state index contributed by atoms with van der Waals surface area (Å²) in [6.07, 6.45) is 7.26. The van der Waals surface area contributed by atoms with Gasteiger partial charge in [0, 0.05) is 18.7 Å². The monoisotopic (exact) mass is 404 g/mol. The fraction of sp³-hybridized carbons (Fsp3) is 0.400. The fourth-order valence-electron chi connectivity index (χ4n) is 4.80. The first-order valence-corrected chi connectivity index (χ1v) is 10.9. The van der Waals surface area contributed by atoms with Gasteiger partial charge < -0.3 is 9.47 Å². The summed E-state index contributed by atoms with van der Waals surface area (Å²) in [5.41, 5.74) is 3.13. The van der Waals surface area contributed by atoms with Crippen LogP contribution in [0.1, 0.15) is 24.0 Å². The molecule has 2 aromatic rings. The SMILES string of the molecule is O=C1N(CN2CCC(Cc3ccccc3)CC2)c2ccccc2C12OCC=CCO2. The van der Waals surface area contributed by atoms with Gasteiger partial charge in [0.15, 0.2) is 0 Å². The standard InChI is InChI=1S/C25H28N2O3/c28-24-25(29-16-6-7-17-30-25)22-10-4-5-11-23(22)27(24)19-26-14-12-21(13-15-26)18-20-8-2-1-3-9-20/h1-11,21H,12-19H2. The number of amides is 1. The van der Waals surface area contributed by atoms with E-state index in [0.29, 0.717) is 25.8 Å². The van der Waals surface area contributed by atoms with Crippen molar-refractivity contribution >= 4 is 11.6 Å². The summed E-state index contributed by atoms with van der Waals surface area (Å²) in [7, 11) is 0. The van der Waals surface area contributed by atoms with E-state index < -0.39 is 5.79 Å². The van der Waals surface area contributed by atoms with Gasteiger partial charge in [-0.3, -0.25) is 14.6 Å². The van der Waals surface area contributed by atoms with Gasteiger partial charge in [0.2, 0.25) is 0 Å². The minimum Gasteiger partial charge on any atom is -0.334 e. The van der Waals surface area contributed by atoms with Crippen LogP contribution in [0.4, 0.5) is 5.69 Å². The van der Waals surface area contributed by atoms with Gasteiger partial charge in [-0.05, 0) is 36.8 Å². The van der Waals surface area contributed by atoms with Gasteiger partial charge in [-0.25, -0.2) is 0 Å². The van der Waals surface area contributed by atoms with E-state index in [0.717, 1.165) is 43.6 Å². The van der Waals surface area contributed by atoms with E-state index in [9.17, 15) is 4.79 Å². The third kappa shape index (κ3) is 3.58. The molecule has 3 aliphatic rings. The van der Waals surface area contributed by atoms with Crippen molar-refractivity contribution < 1.29 is 14.3 Å². The van der Waals surface area contributed by atoms with Crippen molar-refractivity contribution in [2.24, 2.45) is 5.92 Å². The third-order valence-corrected chi connectivity index (χ3v) is 6.42. The average Bonchev–Trinajstić information content (AvgIpc) is 2.95. The molecule has 2 aromatic carbocycles. The molecule has 0 aromatic heterocycles. The number of fused-ring (bicyclic) bond motifs is 2. The molecule has 0 atom stereocenters. The number of piperidine rings is 1. The lowest BCUT2D eigenvalue weighted by Crippen LogP contribution is -2.49. The molecule has 0 radical (unpaired) electrons. The molecule has 0 bridgehead atoms. The molecule has 0 aliphatic carbocycles. The van der Waals surface area contributed by atoms with Crippen LogP contribution in [0.2, 0.25) is 0 Å². The predicted octanol–water partition coefficient (Wildman–Crippen LogP) is 3.70. The summed E-state index contributed by atoms with van der Waals surface area (Å²) >= 11 is 0. The molecule has 1 spiro atoms. The number of benzene rings is 2. The Morgan fingerprint density at radius 2 is 1.57 bits per heavy atom. The molecular formula is C25H28N2O3. The van der Waals surface area contributed by atoms with Crippen LogP contribution in [0.25, 0.3) is 0 Å². The van der Waals surface area contributed by atoms with Crippen LogP contribution in [0.3, 0.4) is 0 Å². The number of ether oxygens (including phenoxy) is 2. The fourth-order valence-corrected chi connectivity index (χ4v) is 4.80. The van der Waals surface area contributed by atoms with Crippen molar-refractivity contribution in [3.8, 4) is 0 Å². The zero-order valence-electron chi connectivity index (χ0n) is 17.2. The Hall–Kier alpha value is -2.47. The lowest BCUT2D eigenvalue weighted by Gasteiger charge is -2.35. The van der Waals surface area contributed by atoms with Crippen molar-refractivity contribution in [3.05, 3.63) is 77.9 Å². The molecule has 3 aliphatic heterocycles. The van der Waals surface area contributed by atoms with Crippen molar-refractivity contribution in [1.82, 2.24) is 4.90 Å². The number of para-hydroxylation sites is 1. The molecule has 5 heteroatoms. The lowest BCUT2D eigenvalue weighted by atomic mass is 9.90. The number of hydrogen-bond acceptors (Lipinski definition) is 4. The molecule has 1 saturated heterocycles. The Balaban J connectivity index is 1.27. The predicted molar refractivity (Wildman–Crippen MR) is 116 cm³/mol. The van der Waals surface area contributed by atoms with Gasteiger partial charge >= 0.3 is 0 Å². The second-order valence-corrected chi connectivity index (χ2v) is 8.35. The van der Waals surface area contributed by atoms with Crippen LogP contribution in [0.5, 0.6) is 0 Å². The van der Waals surface area contributed by atoms with Crippen molar-refractivity contribution in [3.63, 3.8) is 0 Å². The first-order chi connectivity index (χ1) is 14.8. The van der Waals surface area contributed by atoms with Crippen LogP contribution >= 0.6 is 0 Å². The molecule has 0 unspecified atom stereocenters. The van der Waals surface area contributed by atoms with Gasteiger partial charge in [-0.1, -0.05) is 60.7 Å². The Labute approximate surface area is 177 Å². The Kier molecular flexibility index (Phi) is 5.42. The van der Waals surface area contributed by atoms with E-state index >= 15 is 0 Å². The maximum atomic E-state index is 13.5. The summed E-state index contributed by atoms with van der Waals surface area (Å²) in [4.78, 5) is 17.7. The molecule has 0 N–H and O–H groups in total. The zero-order valence-corrected chi connectivity index (χ0v) is 17.2. The van der Waals surface area contributed by atoms with Gasteiger partial charge in [0.05, 0.1) is 25.6 Å². The number of anilines is 1. The summed E-state index contributed by atoms with van der Waals surface area (Å²) in [6, 6.07) is 18.6. The van der Waals surface area contributed by atoms with Gasteiger partial charge in [0.25, 0.3) is 11.7 Å². The van der Waals surface area contributed by atoms with Crippen molar-refractivity contribution in [2.45, 2.75) is 25.0 Å². The number of carbonyl (C=O) groups is 1. The second-order valence-electron chi connectivity index (χ2n) is 8.35. The number of nitrogens with zero attached hydrogens (tertiary/aromatic N) is 2. The van der Waals surface area contributed by atoms with Gasteiger partial charge in [0.1, 0.15) is 0 Å². The van der Waals surface area contributed by atoms with Gasteiger partial charge in [-0.15, -0.1) is 0 Å². The number of hydrogen-bond donors (Lipinski definition) is 0. The summed E-state index contributed by atoms with van der Waals surface area (Å²) < 4.78 is 11.9. The molecule has 1 amide bonds. The normalized spacial score (nSPS) is 21.7. The van der Waals surface area contributed by atoms with Crippen molar-refractivity contribution in [1.29, 1.82) is 0 Å². The van der Waals surface area contributed by atoms with Crippen LogP contribution in [0.15, 0.2) is 66.7 Å².